The molecule has 3 nitrogen and oxygen atoms in total. The summed E-state index contributed by atoms with van der Waals surface area (Å²) in [6.07, 6.45) is 0. The van der Waals surface area contributed by atoms with Crippen LogP contribution in [0.3, 0.4) is 0 Å². The molecule has 100 valence electrons. The molecule has 0 aliphatic carbocycles. The highest BCUT2D eigenvalue weighted by Gasteiger charge is 2.16. The highest BCUT2D eigenvalue weighted by molar-refractivity contribution is 9.10. The molecule has 1 aromatic rings. The highest BCUT2D eigenvalue weighted by atomic mass is 79.9. The third kappa shape index (κ3) is 4.33. The third-order valence-corrected chi connectivity index (χ3v) is 3.21. The van der Waals surface area contributed by atoms with Crippen LogP contribution in [0, 0.1) is 0 Å². The second kappa shape index (κ2) is 6.23. The topological polar surface area (TPSA) is 35.5 Å². The Balaban J connectivity index is 2.57. The Kier molecular flexibility index (Phi) is 5.20. The molecular weight excluding hydrogens is 296 g/mol. The van der Waals surface area contributed by atoms with Crippen LogP contribution in [0.15, 0.2) is 24.3 Å². The first kappa shape index (κ1) is 15.0. The lowest BCUT2D eigenvalue weighted by molar-refractivity contribution is -0.140. The Bertz CT molecular complexity index is 392. The van der Waals surface area contributed by atoms with Crippen molar-refractivity contribution in [3.8, 4) is 5.75 Å². The van der Waals surface area contributed by atoms with Gasteiger partial charge in [-0.25, -0.2) is 0 Å². The van der Waals surface area contributed by atoms with Crippen molar-refractivity contribution in [3.63, 3.8) is 0 Å². The summed E-state index contributed by atoms with van der Waals surface area (Å²) in [5.41, 5.74) is 1.38. The van der Waals surface area contributed by atoms with E-state index in [-0.39, 0.29) is 18.0 Å². The maximum atomic E-state index is 11.2. The summed E-state index contributed by atoms with van der Waals surface area (Å²) in [7, 11) is 1.36. The van der Waals surface area contributed by atoms with Crippen LogP contribution in [0.2, 0.25) is 0 Å². The Morgan fingerprint density at radius 1 is 1.28 bits per heavy atom. The smallest absolute Gasteiger partial charge is 0.322 e. The SMILES string of the molecule is COC(=O)C(Br)COc1ccc(C(C)(C)C)cc1. The first-order valence-corrected chi connectivity index (χ1v) is 6.71. The molecule has 0 saturated heterocycles. The number of alkyl halides is 1. The number of hydrogen-bond donors (Lipinski definition) is 0. The molecule has 0 N–H and O–H groups in total. The lowest BCUT2D eigenvalue weighted by atomic mass is 9.87. The van der Waals surface area contributed by atoms with E-state index < -0.39 is 4.83 Å². The fraction of sp³-hybridized carbons (Fsp3) is 0.500. The molecule has 1 aromatic carbocycles. The summed E-state index contributed by atoms with van der Waals surface area (Å²) in [4.78, 5) is 10.7. The molecular formula is C14H19BrO3. The predicted octanol–water partition coefficient (Wildman–Crippen LogP) is 3.30. The van der Waals surface area contributed by atoms with Crippen molar-refractivity contribution in [2.24, 2.45) is 0 Å². The number of carbonyl (C=O) groups excluding carboxylic acids is 1. The van der Waals surface area contributed by atoms with Gasteiger partial charge in [0.2, 0.25) is 0 Å². The third-order valence-electron chi connectivity index (χ3n) is 2.57. The van der Waals surface area contributed by atoms with Crippen molar-refractivity contribution >= 4 is 21.9 Å². The lowest BCUT2D eigenvalue weighted by Crippen LogP contribution is -2.22. The summed E-state index contributed by atoms with van der Waals surface area (Å²) in [5, 5.41) is 0. The molecule has 0 heterocycles. The first-order chi connectivity index (χ1) is 8.34. The molecule has 1 unspecified atom stereocenters. The molecule has 0 radical (unpaired) electrons. The van der Waals surface area contributed by atoms with Crippen LogP contribution in [0.25, 0.3) is 0 Å². The molecule has 0 bridgehead atoms. The van der Waals surface area contributed by atoms with Crippen molar-refractivity contribution in [2.45, 2.75) is 31.0 Å². The van der Waals surface area contributed by atoms with Crippen molar-refractivity contribution < 1.29 is 14.3 Å². The van der Waals surface area contributed by atoms with E-state index in [1.165, 1.54) is 12.7 Å². The summed E-state index contributed by atoms with van der Waals surface area (Å²) in [6, 6.07) is 7.91. The second-order valence-corrected chi connectivity index (χ2v) is 6.18. The van der Waals surface area contributed by atoms with E-state index in [4.69, 9.17) is 4.74 Å². The largest absolute Gasteiger partial charge is 0.492 e. The summed E-state index contributed by atoms with van der Waals surface area (Å²) in [5.74, 6) is 0.415. The zero-order valence-electron chi connectivity index (χ0n) is 11.2. The van der Waals surface area contributed by atoms with Crippen LogP contribution in [0.1, 0.15) is 26.3 Å². The fourth-order valence-electron chi connectivity index (χ4n) is 1.42. The van der Waals surface area contributed by atoms with Crippen molar-refractivity contribution in [2.75, 3.05) is 13.7 Å². The van der Waals surface area contributed by atoms with Gasteiger partial charge < -0.3 is 9.47 Å². The van der Waals surface area contributed by atoms with Gasteiger partial charge in [-0.3, -0.25) is 4.79 Å². The average Bonchev–Trinajstić information content (AvgIpc) is 2.34. The van der Waals surface area contributed by atoms with Crippen molar-refractivity contribution in [3.05, 3.63) is 29.8 Å². The molecule has 1 atom stereocenters. The predicted molar refractivity (Wildman–Crippen MR) is 75.4 cm³/mol. The summed E-state index contributed by atoms with van der Waals surface area (Å²) in [6.45, 7) is 6.74. The molecule has 18 heavy (non-hydrogen) atoms. The van der Waals surface area contributed by atoms with Crippen molar-refractivity contribution in [1.82, 2.24) is 0 Å². The van der Waals surface area contributed by atoms with Gasteiger partial charge in [0, 0.05) is 0 Å². The van der Waals surface area contributed by atoms with Crippen LogP contribution in [-0.4, -0.2) is 24.5 Å². The van der Waals surface area contributed by atoms with Gasteiger partial charge in [-0.05, 0) is 23.1 Å². The van der Waals surface area contributed by atoms with Gasteiger partial charge in [0.1, 0.15) is 17.2 Å². The number of benzene rings is 1. The van der Waals surface area contributed by atoms with Crippen LogP contribution >= 0.6 is 15.9 Å². The Morgan fingerprint density at radius 2 is 1.83 bits per heavy atom. The van der Waals surface area contributed by atoms with Crippen LogP contribution in [0.4, 0.5) is 0 Å². The van der Waals surface area contributed by atoms with Gasteiger partial charge in [0.25, 0.3) is 0 Å². The maximum absolute atomic E-state index is 11.2. The Hall–Kier alpha value is -1.03. The molecule has 0 spiro atoms. The summed E-state index contributed by atoms with van der Waals surface area (Å²) < 4.78 is 10.1. The van der Waals surface area contributed by atoms with E-state index in [0.717, 1.165) is 5.75 Å². The van der Waals surface area contributed by atoms with Gasteiger partial charge >= 0.3 is 5.97 Å². The van der Waals surface area contributed by atoms with Gasteiger partial charge in [-0.15, -0.1) is 0 Å². The van der Waals surface area contributed by atoms with E-state index >= 15 is 0 Å². The Morgan fingerprint density at radius 3 is 2.28 bits per heavy atom. The second-order valence-electron chi connectivity index (χ2n) is 5.08. The molecule has 0 aromatic heterocycles. The maximum Gasteiger partial charge on any atom is 0.322 e. The van der Waals surface area contributed by atoms with Crippen LogP contribution < -0.4 is 4.74 Å². The van der Waals surface area contributed by atoms with E-state index in [0.29, 0.717) is 0 Å². The number of esters is 1. The number of methoxy groups -OCH3 is 1. The standard InChI is InChI=1S/C14H19BrO3/c1-14(2,3)10-5-7-11(8-6-10)18-9-12(15)13(16)17-4/h5-8,12H,9H2,1-4H3. The number of hydrogen-bond acceptors (Lipinski definition) is 3. The molecule has 1 rings (SSSR count). The van der Waals surface area contributed by atoms with Crippen LogP contribution in [-0.2, 0) is 14.9 Å². The summed E-state index contributed by atoms with van der Waals surface area (Å²) >= 11 is 3.21. The molecule has 0 aliphatic heterocycles. The molecule has 0 amide bonds. The minimum absolute atomic E-state index is 0.127. The van der Waals surface area contributed by atoms with Gasteiger partial charge in [0.05, 0.1) is 7.11 Å². The van der Waals surface area contributed by atoms with E-state index in [1.807, 2.05) is 24.3 Å². The molecule has 4 heteroatoms. The molecule has 0 fully saturated rings. The number of halogens is 1. The van der Waals surface area contributed by atoms with E-state index in [2.05, 4.69) is 41.4 Å². The van der Waals surface area contributed by atoms with E-state index in [9.17, 15) is 4.79 Å². The van der Waals surface area contributed by atoms with Crippen molar-refractivity contribution in [1.29, 1.82) is 0 Å². The first-order valence-electron chi connectivity index (χ1n) is 5.80. The number of ether oxygens (including phenoxy) is 2. The zero-order chi connectivity index (χ0) is 13.8. The van der Waals surface area contributed by atoms with Gasteiger partial charge in [0.15, 0.2) is 0 Å². The number of rotatable bonds is 4. The zero-order valence-corrected chi connectivity index (χ0v) is 12.8. The fourth-order valence-corrected chi connectivity index (χ4v) is 1.74. The highest BCUT2D eigenvalue weighted by Crippen LogP contribution is 2.24. The minimum Gasteiger partial charge on any atom is -0.492 e. The monoisotopic (exact) mass is 314 g/mol. The quantitative estimate of drug-likeness (QED) is 0.632. The Labute approximate surface area is 117 Å². The molecule has 0 saturated carbocycles. The normalized spacial score (nSPS) is 12.9. The average molecular weight is 315 g/mol. The van der Waals surface area contributed by atoms with Crippen LogP contribution in [0.5, 0.6) is 5.75 Å². The van der Waals surface area contributed by atoms with E-state index in [1.54, 1.807) is 0 Å². The molecule has 0 aliphatic rings. The lowest BCUT2D eigenvalue weighted by Gasteiger charge is -2.19. The number of carbonyl (C=O) groups is 1. The van der Waals surface area contributed by atoms with Gasteiger partial charge in [-0.1, -0.05) is 48.8 Å². The van der Waals surface area contributed by atoms with Gasteiger partial charge in [-0.2, -0.15) is 0 Å². The minimum atomic E-state index is -0.440.